The number of methoxy groups -OCH3 is 1. The zero-order valence-electron chi connectivity index (χ0n) is 12.9. The van der Waals surface area contributed by atoms with Gasteiger partial charge in [0.25, 0.3) is 0 Å². The first-order valence-corrected chi connectivity index (χ1v) is 9.15. The molecule has 1 saturated carbocycles. The van der Waals surface area contributed by atoms with Gasteiger partial charge in [0, 0.05) is 14.9 Å². The predicted octanol–water partition coefficient (Wildman–Crippen LogP) is 6.48. The Kier molecular flexibility index (Phi) is 5.23. The van der Waals surface area contributed by atoms with Crippen molar-refractivity contribution in [1.29, 1.82) is 0 Å². The molecular formula is C17H24Br2O. The monoisotopic (exact) mass is 402 g/mol. The largest absolute Gasteiger partial charge is 0.496 e. The third kappa shape index (κ3) is 2.68. The first kappa shape index (κ1) is 16.4. The second kappa shape index (κ2) is 6.39. The van der Waals surface area contributed by atoms with E-state index >= 15 is 0 Å². The summed E-state index contributed by atoms with van der Waals surface area (Å²) in [5, 5.41) is 0. The van der Waals surface area contributed by atoms with Gasteiger partial charge >= 0.3 is 0 Å². The van der Waals surface area contributed by atoms with Gasteiger partial charge in [0.1, 0.15) is 5.75 Å². The van der Waals surface area contributed by atoms with Gasteiger partial charge in [-0.15, -0.1) is 0 Å². The van der Waals surface area contributed by atoms with Crippen LogP contribution in [-0.4, -0.2) is 7.11 Å². The van der Waals surface area contributed by atoms with Crippen molar-refractivity contribution in [2.24, 2.45) is 5.41 Å². The lowest BCUT2D eigenvalue weighted by Gasteiger charge is -2.35. The summed E-state index contributed by atoms with van der Waals surface area (Å²) in [6, 6.07) is 2.16. The average molecular weight is 404 g/mol. The number of benzene rings is 1. The molecule has 0 aromatic heterocycles. The van der Waals surface area contributed by atoms with Crippen LogP contribution < -0.4 is 4.74 Å². The smallest absolute Gasteiger partial charge is 0.126 e. The molecule has 0 bridgehead atoms. The van der Waals surface area contributed by atoms with E-state index < -0.39 is 0 Å². The molecular weight excluding hydrogens is 380 g/mol. The van der Waals surface area contributed by atoms with E-state index in [0.717, 1.165) is 5.75 Å². The van der Waals surface area contributed by atoms with Crippen molar-refractivity contribution in [3.05, 3.63) is 27.2 Å². The fraction of sp³-hybridized carbons (Fsp3) is 0.647. The van der Waals surface area contributed by atoms with Gasteiger partial charge < -0.3 is 4.74 Å². The van der Waals surface area contributed by atoms with Crippen molar-refractivity contribution >= 4 is 31.9 Å². The normalized spacial score (nSPS) is 19.1. The molecule has 0 radical (unpaired) electrons. The SMILES string of the molecule is CCC1(C(Br)c2c(C)c(Br)cc(C)c2OC)CCCC1. The fourth-order valence-electron chi connectivity index (χ4n) is 3.62. The van der Waals surface area contributed by atoms with Crippen molar-refractivity contribution in [2.45, 2.75) is 57.7 Å². The Morgan fingerprint density at radius 3 is 2.40 bits per heavy atom. The first-order chi connectivity index (χ1) is 9.46. The molecule has 1 aromatic rings. The van der Waals surface area contributed by atoms with E-state index in [1.54, 1.807) is 7.11 Å². The first-order valence-electron chi connectivity index (χ1n) is 7.44. The highest BCUT2D eigenvalue weighted by molar-refractivity contribution is 9.10. The molecule has 0 N–H and O–H groups in total. The highest BCUT2D eigenvalue weighted by atomic mass is 79.9. The zero-order valence-corrected chi connectivity index (χ0v) is 16.0. The number of aryl methyl sites for hydroxylation is 1. The van der Waals surface area contributed by atoms with Crippen LogP contribution >= 0.6 is 31.9 Å². The fourth-order valence-corrected chi connectivity index (χ4v) is 5.51. The lowest BCUT2D eigenvalue weighted by Crippen LogP contribution is -2.22. The Labute approximate surface area is 139 Å². The van der Waals surface area contributed by atoms with Gasteiger partial charge in [-0.05, 0) is 55.7 Å². The minimum Gasteiger partial charge on any atom is -0.496 e. The van der Waals surface area contributed by atoms with Crippen LogP contribution in [0.25, 0.3) is 0 Å². The van der Waals surface area contributed by atoms with Crippen molar-refractivity contribution in [3.63, 3.8) is 0 Å². The van der Waals surface area contributed by atoms with Crippen LogP contribution in [0.5, 0.6) is 5.75 Å². The van der Waals surface area contributed by atoms with E-state index in [2.05, 4.69) is 58.7 Å². The molecule has 20 heavy (non-hydrogen) atoms. The highest BCUT2D eigenvalue weighted by Crippen LogP contribution is 2.57. The molecule has 1 atom stereocenters. The second-order valence-corrected chi connectivity index (χ2v) is 7.80. The minimum atomic E-state index is 0.369. The summed E-state index contributed by atoms with van der Waals surface area (Å²) in [7, 11) is 1.78. The van der Waals surface area contributed by atoms with Crippen LogP contribution in [-0.2, 0) is 0 Å². The lowest BCUT2D eigenvalue weighted by atomic mass is 9.76. The molecule has 1 nitrogen and oxygen atoms in total. The molecule has 0 aliphatic heterocycles. The molecule has 3 heteroatoms. The summed E-state index contributed by atoms with van der Waals surface area (Å²) in [5.41, 5.74) is 4.22. The van der Waals surface area contributed by atoms with Crippen LogP contribution in [0.2, 0.25) is 0 Å². The molecule has 1 aliphatic rings. The van der Waals surface area contributed by atoms with Crippen LogP contribution in [0.3, 0.4) is 0 Å². The summed E-state index contributed by atoms with van der Waals surface area (Å²) in [5.74, 6) is 1.05. The topological polar surface area (TPSA) is 9.23 Å². The van der Waals surface area contributed by atoms with Gasteiger partial charge in [-0.3, -0.25) is 0 Å². The Morgan fingerprint density at radius 2 is 1.90 bits per heavy atom. The molecule has 112 valence electrons. The van der Waals surface area contributed by atoms with Crippen LogP contribution in [0, 0.1) is 19.3 Å². The quantitative estimate of drug-likeness (QED) is 0.522. The maximum Gasteiger partial charge on any atom is 0.126 e. The van der Waals surface area contributed by atoms with Gasteiger partial charge in [-0.2, -0.15) is 0 Å². The molecule has 0 saturated heterocycles. The zero-order chi connectivity index (χ0) is 14.9. The standard InChI is InChI=1S/C17H24Br2O/c1-5-17(8-6-7-9-17)16(19)14-12(3)13(18)10-11(2)15(14)20-4/h10,16H,5-9H2,1-4H3. The van der Waals surface area contributed by atoms with E-state index in [1.807, 2.05) is 0 Å². The summed E-state index contributed by atoms with van der Waals surface area (Å²) < 4.78 is 6.91. The molecule has 1 aliphatic carbocycles. The van der Waals surface area contributed by atoms with Gasteiger partial charge in [-0.25, -0.2) is 0 Å². The third-order valence-corrected chi connectivity index (χ3v) is 7.26. The molecule has 2 rings (SSSR count). The third-order valence-electron chi connectivity index (χ3n) is 5.01. The average Bonchev–Trinajstić information content (AvgIpc) is 2.91. The Morgan fingerprint density at radius 1 is 1.30 bits per heavy atom. The number of alkyl halides is 1. The summed E-state index contributed by atoms with van der Waals surface area (Å²) in [6.07, 6.45) is 6.55. The Bertz CT molecular complexity index is 490. The van der Waals surface area contributed by atoms with E-state index in [9.17, 15) is 0 Å². The van der Waals surface area contributed by atoms with Crippen molar-refractivity contribution in [3.8, 4) is 5.75 Å². The van der Waals surface area contributed by atoms with Crippen molar-refractivity contribution < 1.29 is 4.74 Å². The van der Waals surface area contributed by atoms with E-state index in [-0.39, 0.29) is 0 Å². The van der Waals surface area contributed by atoms with Crippen LogP contribution in [0.1, 0.15) is 60.5 Å². The van der Waals surface area contributed by atoms with Crippen LogP contribution in [0.4, 0.5) is 0 Å². The molecule has 0 spiro atoms. The van der Waals surface area contributed by atoms with Crippen LogP contribution in [0.15, 0.2) is 10.5 Å². The molecule has 1 fully saturated rings. The van der Waals surface area contributed by atoms with Gasteiger partial charge in [0.2, 0.25) is 0 Å². The van der Waals surface area contributed by atoms with Crippen molar-refractivity contribution in [1.82, 2.24) is 0 Å². The van der Waals surface area contributed by atoms with Gasteiger partial charge in [-0.1, -0.05) is 51.6 Å². The molecule has 0 heterocycles. The van der Waals surface area contributed by atoms with Gasteiger partial charge in [0.05, 0.1) is 7.11 Å². The van der Waals surface area contributed by atoms with E-state index in [1.165, 1.54) is 53.3 Å². The highest BCUT2D eigenvalue weighted by Gasteiger charge is 2.41. The number of halogens is 2. The van der Waals surface area contributed by atoms with E-state index in [0.29, 0.717) is 10.2 Å². The molecule has 1 unspecified atom stereocenters. The van der Waals surface area contributed by atoms with Gasteiger partial charge in [0.15, 0.2) is 0 Å². The predicted molar refractivity (Wildman–Crippen MR) is 93.0 cm³/mol. The number of hydrogen-bond acceptors (Lipinski definition) is 1. The lowest BCUT2D eigenvalue weighted by molar-refractivity contribution is 0.273. The van der Waals surface area contributed by atoms with Crippen molar-refractivity contribution in [2.75, 3.05) is 7.11 Å². The summed E-state index contributed by atoms with van der Waals surface area (Å²) >= 11 is 7.74. The Balaban J connectivity index is 2.56. The maximum absolute atomic E-state index is 5.73. The molecule has 0 amide bonds. The second-order valence-electron chi connectivity index (χ2n) is 6.03. The maximum atomic E-state index is 5.73. The molecule has 1 aromatic carbocycles. The summed E-state index contributed by atoms with van der Waals surface area (Å²) in [6.45, 7) is 6.64. The van der Waals surface area contributed by atoms with E-state index in [4.69, 9.17) is 4.74 Å². The number of rotatable bonds is 4. The number of ether oxygens (including phenoxy) is 1. The minimum absolute atomic E-state index is 0.369. The Hall–Kier alpha value is -0.0200. The summed E-state index contributed by atoms with van der Waals surface area (Å²) in [4.78, 5) is 0.369. The number of hydrogen-bond donors (Lipinski definition) is 0.